The minimum absolute atomic E-state index is 0.0277. The van der Waals surface area contributed by atoms with Crippen molar-refractivity contribution in [2.75, 3.05) is 13.1 Å². The van der Waals surface area contributed by atoms with E-state index in [-0.39, 0.29) is 19.4 Å². The molecule has 0 bridgehead atoms. The zero-order valence-corrected chi connectivity index (χ0v) is 17.6. The largest absolute Gasteiger partial charge is 0.481 e. The van der Waals surface area contributed by atoms with E-state index >= 15 is 0 Å². The molecule has 0 aliphatic rings. The summed E-state index contributed by atoms with van der Waals surface area (Å²) < 4.78 is 1.87. The second-order valence-electron chi connectivity index (χ2n) is 6.85. The number of hydrogen-bond acceptors (Lipinski definition) is 4. The number of aliphatic hydroxyl groups is 1. The van der Waals surface area contributed by atoms with Crippen molar-refractivity contribution in [2.24, 2.45) is 0 Å². The van der Waals surface area contributed by atoms with Gasteiger partial charge in [-0.05, 0) is 30.7 Å². The Morgan fingerprint density at radius 2 is 1.83 bits per heavy atom. The number of carboxylic acid groups (broad SMARTS) is 1. The number of carboxylic acids is 1. The Bertz CT molecular complexity index is 989. The number of aromatic nitrogens is 2. The predicted octanol–water partition coefficient (Wildman–Crippen LogP) is 4.36. The fraction of sp³-hybridized carbons (Fsp3) is 0.333. The lowest BCUT2D eigenvalue weighted by atomic mass is 10.1. The Kier molecular flexibility index (Phi) is 7.14. The first-order chi connectivity index (χ1) is 13.9. The SMILES string of the molecule is CCCN(CCC(=O)O)C(O)Cc1c(-c2ccc(Cl)cc2)nc2ccc(Cl)cn12. The fourth-order valence-electron chi connectivity index (χ4n) is 3.34. The highest BCUT2D eigenvalue weighted by molar-refractivity contribution is 6.30. The highest BCUT2D eigenvalue weighted by atomic mass is 35.5. The molecule has 2 aromatic heterocycles. The fourth-order valence-corrected chi connectivity index (χ4v) is 3.63. The average molecular weight is 436 g/mol. The number of aliphatic carboxylic acids is 1. The lowest BCUT2D eigenvalue weighted by Crippen LogP contribution is -2.39. The topological polar surface area (TPSA) is 78.1 Å². The van der Waals surface area contributed by atoms with Crippen LogP contribution in [0.15, 0.2) is 42.6 Å². The number of pyridine rings is 1. The van der Waals surface area contributed by atoms with E-state index in [9.17, 15) is 9.90 Å². The summed E-state index contributed by atoms with van der Waals surface area (Å²) in [6, 6.07) is 11.0. The summed E-state index contributed by atoms with van der Waals surface area (Å²) in [7, 11) is 0. The molecule has 0 fully saturated rings. The van der Waals surface area contributed by atoms with Crippen molar-refractivity contribution in [1.29, 1.82) is 0 Å². The first-order valence-electron chi connectivity index (χ1n) is 9.45. The zero-order chi connectivity index (χ0) is 21.0. The Morgan fingerprint density at radius 1 is 1.14 bits per heavy atom. The maximum Gasteiger partial charge on any atom is 0.304 e. The molecule has 1 unspecified atom stereocenters. The average Bonchev–Trinajstić information content (AvgIpc) is 3.03. The lowest BCUT2D eigenvalue weighted by Gasteiger charge is -2.27. The number of imidazole rings is 1. The van der Waals surface area contributed by atoms with Gasteiger partial charge in [-0.15, -0.1) is 0 Å². The summed E-state index contributed by atoms with van der Waals surface area (Å²) in [6.45, 7) is 2.87. The summed E-state index contributed by atoms with van der Waals surface area (Å²) >= 11 is 12.2. The normalized spacial score (nSPS) is 12.6. The van der Waals surface area contributed by atoms with Crippen molar-refractivity contribution in [3.63, 3.8) is 0 Å². The summed E-state index contributed by atoms with van der Waals surface area (Å²) in [5.74, 6) is -0.887. The highest BCUT2D eigenvalue weighted by Crippen LogP contribution is 2.28. The molecule has 3 aromatic rings. The predicted molar refractivity (Wildman–Crippen MR) is 114 cm³/mol. The number of aliphatic hydroxyl groups excluding tert-OH is 1. The molecule has 2 heterocycles. The first kappa shape index (κ1) is 21.6. The van der Waals surface area contributed by atoms with Gasteiger partial charge in [0.15, 0.2) is 0 Å². The van der Waals surface area contributed by atoms with Gasteiger partial charge in [-0.1, -0.05) is 42.3 Å². The quantitative estimate of drug-likeness (QED) is 0.488. The van der Waals surface area contributed by atoms with Gasteiger partial charge in [0, 0.05) is 36.3 Å². The molecule has 0 spiro atoms. The smallest absolute Gasteiger partial charge is 0.304 e. The molecule has 0 amide bonds. The van der Waals surface area contributed by atoms with E-state index < -0.39 is 12.2 Å². The number of halogens is 2. The van der Waals surface area contributed by atoms with E-state index in [1.165, 1.54) is 0 Å². The first-order valence-corrected chi connectivity index (χ1v) is 10.2. The number of benzene rings is 1. The molecule has 8 heteroatoms. The van der Waals surface area contributed by atoms with E-state index in [1.807, 2.05) is 29.5 Å². The van der Waals surface area contributed by atoms with Crippen molar-refractivity contribution in [3.05, 3.63) is 58.3 Å². The number of hydrogen-bond donors (Lipinski definition) is 2. The molecular formula is C21H23Cl2N3O3. The molecule has 0 saturated heterocycles. The third-order valence-corrected chi connectivity index (χ3v) is 5.20. The number of rotatable bonds is 9. The summed E-state index contributed by atoms with van der Waals surface area (Å²) in [6.07, 6.45) is 1.98. The summed E-state index contributed by atoms with van der Waals surface area (Å²) in [4.78, 5) is 17.5. The molecule has 154 valence electrons. The molecule has 2 N–H and O–H groups in total. The molecule has 0 saturated carbocycles. The highest BCUT2D eigenvalue weighted by Gasteiger charge is 2.22. The monoisotopic (exact) mass is 435 g/mol. The molecular weight excluding hydrogens is 413 g/mol. The van der Waals surface area contributed by atoms with Gasteiger partial charge >= 0.3 is 5.97 Å². The van der Waals surface area contributed by atoms with Gasteiger partial charge in [0.05, 0.1) is 22.8 Å². The Morgan fingerprint density at radius 3 is 2.48 bits per heavy atom. The molecule has 1 aromatic carbocycles. The standard InChI is InChI=1S/C21H23Cl2N3O3/c1-2-10-25(11-9-20(28)29)19(27)12-17-21(14-3-5-15(22)6-4-14)24-18-8-7-16(23)13-26(17)18/h3-8,13,19,27H,2,9-12H2,1H3,(H,28,29). The van der Waals surface area contributed by atoms with E-state index in [2.05, 4.69) is 0 Å². The van der Waals surface area contributed by atoms with Crippen LogP contribution in [-0.2, 0) is 11.2 Å². The molecule has 3 rings (SSSR count). The van der Waals surface area contributed by atoms with Gasteiger partial charge in [0.1, 0.15) is 11.9 Å². The molecule has 1 atom stereocenters. The van der Waals surface area contributed by atoms with Crippen LogP contribution in [0.1, 0.15) is 25.5 Å². The van der Waals surface area contributed by atoms with Gasteiger partial charge in [-0.25, -0.2) is 4.98 Å². The third kappa shape index (κ3) is 5.28. The molecule has 0 radical (unpaired) electrons. The van der Waals surface area contributed by atoms with Crippen LogP contribution in [0.4, 0.5) is 0 Å². The molecule has 0 aliphatic heterocycles. The van der Waals surface area contributed by atoms with Gasteiger partial charge < -0.3 is 14.6 Å². The summed E-state index contributed by atoms with van der Waals surface area (Å²) in [5.41, 5.74) is 3.13. The maximum atomic E-state index is 11.0. The van der Waals surface area contributed by atoms with Crippen molar-refractivity contribution < 1.29 is 15.0 Å². The number of nitrogens with zero attached hydrogens (tertiary/aromatic N) is 3. The number of fused-ring (bicyclic) bond motifs is 1. The third-order valence-electron chi connectivity index (χ3n) is 4.72. The van der Waals surface area contributed by atoms with Gasteiger partial charge in [-0.2, -0.15) is 0 Å². The molecule has 0 aliphatic carbocycles. The van der Waals surface area contributed by atoms with Crippen LogP contribution in [0.3, 0.4) is 0 Å². The number of carbonyl (C=O) groups is 1. The van der Waals surface area contributed by atoms with Crippen LogP contribution >= 0.6 is 23.2 Å². The van der Waals surface area contributed by atoms with E-state index in [0.29, 0.717) is 22.2 Å². The molecule has 6 nitrogen and oxygen atoms in total. The van der Waals surface area contributed by atoms with Crippen LogP contribution in [0.5, 0.6) is 0 Å². The minimum atomic E-state index is -0.887. The summed E-state index contributed by atoms with van der Waals surface area (Å²) in [5, 5.41) is 21.1. The lowest BCUT2D eigenvalue weighted by molar-refractivity contribution is -0.138. The van der Waals surface area contributed by atoms with Crippen LogP contribution in [0.2, 0.25) is 10.0 Å². The minimum Gasteiger partial charge on any atom is -0.481 e. The van der Waals surface area contributed by atoms with Gasteiger partial charge in [-0.3, -0.25) is 9.69 Å². The van der Waals surface area contributed by atoms with Crippen molar-refractivity contribution >= 4 is 34.8 Å². The van der Waals surface area contributed by atoms with Crippen molar-refractivity contribution in [2.45, 2.75) is 32.4 Å². The second-order valence-corrected chi connectivity index (χ2v) is 7.73. The Labute approximate surface area is 179 Å². The van der Waals surface area contributed by atoms with Crippen molar-refractivity contribution in [1.82, 2.24) is 14.3 Å². The van der Waals surface area contributed by atoms with E-state index in [0.717, 1.165) is 23.4 Å². The van der Waals surface area contributed by atoms with Gasteiger partial charge in [0.25, 0.3) is 0 Å². The van der Waals surface area contributed by atoms with Gasteiger partial charge in [0.2, 0.25) is 0 Å². The van der Waals surface area contributed by atoms with Crippen LogP contribution < -0.4 is 0 Å². The van der Waals surface area contributed by atoms with Crippen LogP contribution in [0, 0.1) is 0 Å². The van der Waals surface area contributed by atoms with Crippen molar-refractivity contribution in [3.8, 4) is 11.3 Å². The van der Waals surface area contributed by atoms with Crippen LogP contribution in [-0.4, -0.2) is 49.8 Å². The van der Waals surface area contributed by atoms with E-state index in [1.54, 1.807) is 29.3 Å². The Balaban J connectivity index is 1.99. The van der Waals surface area contributed by atoms with E-state index in [4.69, 9.17) is 33.3 Å². The zero-order valence-electron chi connectivity index (χ0n) is 16.1. The molecule has 29 heavy (non-hydrogen) atoms. The van der Waals surface area contributed by atoms with Crippen LogP contribution in [0.25, 0.3) is 16.9 Å². The maximum absolute atomic E-state index is 11.0. The second kappa shape index (κ2) is 9.59. The Hall–Kier alpha value is -2.12.